The molecule has 0 radical (unpaired) electrons. The van der Waals surface area contributed by atoms with E-state index in [9.17, 15) is 10.1 Å². The lowest BCUT2D eigenvalue weighted by Gasteiger charge is -2.21. The zero-order chi connectivity index (χ0) is 13.7. The molecule has 1 N–H and O–H groups in total. The Morgan fingerprint density at radius 1 is 1.32 bits per heavy atom. The minimum Gasteiger partial charge on any atom is -0.385 e. The Hall–Kier alpha value is -1.10. The summed E-state index contributed by atoms with van der Waals surface area (Å²) in [4.78, 5) is 10.3. The van der Waals surface area contributed by atoms with E-state index >= 15 is 0 Å². The molecule has 4 nitrogen and oxygen atoms in total. The van der Waals surface area contributed by atoms with E-state index in [2.05, 4.69) is 21.2 Å². The summed E-state index contributed by atoms with van der Waals surface area (Å²) in [6.45, 7) is 0.939. The maximum Gasteiger partial charge on any atom is 0.283 e. The summed E-state index contributed by atoms with van der Waals surface area (Å²) in [7, 11) is 0. The fourth-order valence-corrected chi connectivity index (χ4v) is 3.18. The number of nitro benzene ring substituents is 1. The second kappa shape index (κ2) is 6.89. The van der Waals surface area contributed by atoms with Crippen LogP contribution in [-0.2, 0) is 0 Å². The smallest absolute Gasteiger partial charge is 0.283 e. The zero-order valence-electron chi connectivity index (χ0n) is 10.9. The van der Waals surface area contributed by atoms with Gasteiger partial charge in [0.05, 0.1) is 9.40 Å². The molecule has 0 atom stereocenters. The van der Waals surface area contributed by atoms with Crippen molar-refractivity contribution in [3.05, 3.63) is 32.8 Å². The van der Waals surface area contributed by atoms with E-state index in [4.69, 9.17) is 0 Å². The van der Waals surface area contributed by atoms with Gasteiger partial charge in [0.25, 0.3) is 5.69 Å². The Bertz CT molecular complexity index is 445. The molecular formula is C14H19BrN2O2. The van der Waals surface area contributed by atoms with Crippen molar-refractivity contribution in [3.8, 4) is 0 Å². The minimum atomic E-state index is -0.379. The van der Waals surface area contributed by atoms with E-state index in [1.807, 2.05) is 0 Å². The van der Waals surface area contributed by atoms with Crippen LogP contribution in [0.25, 0.3) is 0 Å². The molecule has 0 heterocycles. The Morgan fingerprint density at radius 3 is 2.68 bits per heavy atom. The van der Waals surface area contributed by atoms with Crippen molar-refractivity contribution in [2.75, 3.05) is 11.9 Å². The number of anilines is 1. The summed E-state index contributed by atoms with van der Waals surface area (Å²) in [5.41, 5.74) is 1.05. The van der Waals surface area contributed by atoms with Crippen LogP contribution < -0.4 is 5.32 Å². The number of halogens is 1. The minimum absolute atomic E-state index is 0.109. The number of rotatable bonds is 5. The number of hydrogen-bond donors (Lipinski definition) is 1. The van der Waals surface area contributed by atoms with Crippen molar-refractivity contribution >= 4 is 27.3 Å². The number of nitro groups is 1. The van der Waals surface area contributed by atoms with Crippen molar-refractivity contribution in [2.45, 2.75) is 38.5 Å². The number of nitrogens with one attached hydrogen (secondary N) is 1. The van der Waals surface area contributed by atoms with Gasteiger partial charge in [0, 0.05) is 18.3 Å². The Balaban J connectivity index is 1.82. The second-order valence-electron chi connectivity index (χ2n) is 5.14. The average molecular weight is 327 g/mol. The number of hydrogen-bond acceptors (Lipinski definition) is 3. The summed E-state index contributed by atoms with van der Waals surface area (Å²) < 4.78 is 0.528. The van der Waals surface area contributed by atoms with Crippen LogP contribution in [0.4, 0.5) is 11.4 Å². The van der Waals surface area contributed by atoms with Gasteiger partial charge in [-0.1, -0.05) is 32.1 Å². The van der Waals surface area contributed by atoms with E-state index in [0.717, 1.165) is 18.2 Å². The fraction of sp³-hybridized carbons (Fsp3) is 0.571. The first-order valence-electron chi connectivity index (χ1n) is 6.84. The standard InChI is InChI=1S/C14H19BrN2O2/c15-13-10-12(6-7-14(13)17(18)19)16-9-8-11-4-2-1-3-5-11/h6-7,10-11,16H,1-5,8-9H2. The van der Waals surface area contributed by atoms with Gasteiger partial charge in [-0.25, -0.2) is 0 Å². The lowest BCUT2D eigenvalue weighted by Crippen LogP contribution is -2.12. The van der Waals surface area contributed by atoms with Crippen LogP contribution in [0, 0.1) is 16.0 Å². The summed E-state index contributed by atoms with van der Waals surface area (Å²) in [6.07, 6.45) is 8.02. The normalized spacial score (nSPS) is 16.3. The van der Waals surface area contributed by atoms with Gasteiger partial charge in [-0.15, -0.1) is 0 Å². The number of nitrogens with zero attached hydrogens (tertiary/aromatic N) is 1. The summed E-state index contributed by atoms with van der Waals surface area (Å²) in [6, 6.07) is 5.08. The highest BCUT2D eigenvalue weighted by molar-refractivity contribution is 9.10. The monoisotopic (exact) mass is 326 g/mol. The first-order chi connectivity index (χ1) is 9.16. The van der Waals surface area contributed by atoms with Gasteiger partial charge in [-0.2, -0.15) is 0 Å². The SMILES string of the molecule is O=[N+]([O-])c1ccc(NCCC2CCCCC2)cc1Br. The van der Waals surface area contributed by atoms with Crippen LogP contribution in [0.1, 0.15) is 38.5 Å². The molecule has 0 saturated heterocycles. The van der Waals surface area contributed by atoms with E-state index in [1.165, 1.54) is 44.6 Å². The molecule has 0 aliphatic heterocycles. The first-order valence-corrected chi connectivity index (χ1v) is 7.64. The molecule has 0 unspecified atom stereocenters. The predicted octanol–water partition coefficient (Wildman–Crippen LogP) is 4.74. The summed E-state index contributed by atoms with van der Waals surface area (Å²) in [5.74, 6) is 0.850. The Morgan fingerprint density at radius 2 is 2.05 bits per heavy atom. The van der Waals surface area contributed by atoms with Gasteiger partial charge < -0.3 is 5.32 Å². The summed E-state index contributed by atoms with van der Waals surface area (Å²) in [5, 5.41) is 14.1. The Labute approximate surface area is 121 Å². The molecule has 1 aromatic carbocycles. The Kier molecular flexibility index (Phi) is 5.19. The van der Waals surface area contributed by atoms with Crippen molar-refractivity contribution in [1.82, 2.24) is 0 Å². The first kappa shape index (κ1) is 14.3. The van der Waals surface area contributed by atoms with Crippen molar-refractivity contribution in [2.24, 2.45) is 5.92 Å². The molecule has 0 spiro atoms. The van der Waals surface area contributed by atoms with Gasteiger partial charge in [0.15, 0.2) is 0 Å². The zero-order valence-corrected chi connectivity index (χ0v) is 12.5. The van der Waals surface area contributed by atoms with Crippen molar-refractivity contribution in [3.63, 3.8) is 0 Å². The molecular weight excluding hydrogens is 308 g/mol. The quantitative estimate of drug-likeness (QED) is 0.628. The van der Waals surface area contributed by atoms with Crippen LogP contribution in [0.2, 0.25) is 0 Å². The van der Waals surface area contributed by atoms with Crippen LogP contribution in [0.15, 0.2) is 22.7 Å². The van der Waals surface area contributed by atoms with E-state index in [-0.39, 0.29) is 10.6 Å². The maximum absolute atomic E-state index is 10.7. The molecule has 104 valence electrons. The third-order valence-corrected chi connectivity index (χ3v) is 4.39. The van der Waals surface area contributed by atoms with E-state index in [0.29, 0.717) is 4.47 Å². The fourth-order valence-electron chi connectivity index (χ4n) is 2.66. The largest absolute Gasteiger partial charge is 0.385 e. The van der Waals surface area contributed by atoms with Crippen LogP contribution in [0.3, 0.4) is 0 Å². The molecule has 0 aromatic heterocycles. The average Bonchev–Trinajstić information content (AvgIpc) is 2.39. The topological polar surface area (TPSA) is 55.2 Å². The third kappa shape index (κ3) is 4.20. The van der Waals surface area contributed by atoms with E-state index < -0.39 is 0 Å². The molecule has 1 aliphatic carbocycles. The molecule has 1 aliphatic rings. The summed E-state index contributed by atoms with van der Waals surface area (Å²) >= 11 is 3.23. The lowest BCUT2D eigenvalue weighted by molar-refractivity contribution is -0.385. The molecule has 1 saturated carbocycles. The molecule has 5 heteroatoms. The van der Waals surface area contributed by atoms with Gasteiger partial charge in [-0.05, 0) is 40.4 Å². The molecule has 19 heavy (non-hydrogen) atoms. The van der Waals surface area contributed by atoms with Crippen LogP contribution >= 0.6 is 15.9 Å². The molecule has 1 fully saturated rings. The molecule has 2 rings (SSSR count). The molecule has 1 aromatic rings. The highest BCUT2D eigenvalue weighted by Gasteiger charge is 2.14. The van der Waals surface area contributed by atoms with Gasteiger partial charge >= 0.3 is 0 Å². The maximum atomic E-state index is 10.7. The number of benzene rings is 1. The van der Waals surface area contributed by atoms with Crippen molar-refractivity contribution < 1.29 is 4.92 Å². The van der Waals surface area contributed by atoms with Gasteiger partial charge in [-0.3, -0.25) is 10.1 Å². The second-order valence-corrected chi connectivity index (χ2v) is 6.00. The third-order valence-electron chi connectivity index (χ3n) is 3.75. The van der Waals surface area contributed by atoms with Gasteiger partial charge in [0.1, 0.15) is 0 Å². The van der Waals surface area contributed by atoms with Crippen molar-refractivity contribution in [1.29, 1.82) is 0 Å². The molecule has 0 bridgehead atoms. The highest BCUT2D eigenvalue weighted by Crippen LogP contribution is 2.29. The highest BCUT2D eigenvalue weighted by atomic mass is 79.9. The van der Waals surface area contributed by atoms with Gasteiger partial charge in [0.2, 0.25) is 0 Å². The van der Waals surface area contributed by atoms with Crippen LogP contribution in [0.5, 0.6) is 0 Å². The molecule has 0 amide bonds. The predicted molar refractivity (Wildman–Crippen MR) is 80.5 cm³/mol. The lowest BCUT2D eigenvalue weighted by atomic mass is 9.87. The van der Waals surface area contributed by atoms with E-state index in [1.54, 1.807) is 12.1 Å². The van der Waals surface area contributed by atoms with Crippen LogP contribution in [-0.4, -0.2) is 11.5 Å².